The van der Waals surface area contributed by atoms with Crippen molar-refractivity contribution in [2.24, 2.45) is 0 Å². The number of aliphatic hydroxyl groups is 8. The lowest BCUT2D eigenvalue weighted by Crippen LogP contribution is -2.64. The Kier molecular flexibility index (Phi) is 11.2. The van der Waals surface area contributed by atoms with Gasteiger partial charge in [-0.05, 0) is 13.8 Å². The van der Waals surface area contributed by atoms with E-state index in [0.29, 0.717) is 0 Å². The van der Waals surface area contributed by atoms with Crippen LogP contribution in [0, 0.1) is 0 Å². The van der Waals surface area contributed by atoms with Crippen LogP contribution in [0.2, 0.25) is 0 Å². The van der Waals surface area contributed by atoms with Crippen molar-refractivity contribution < 1.29 is 59.8 Å². The highest BCUT2D eigenvalue weighted by atomic mass is 16.7. The Balaban J connectivity index is 0.000000696. The monoisotopic (exact) mass is 416 g/mol. The molecule has 0 aromatic carbocycles. The largest absolute Gasteiger partial charge is 0.394 e. The summed E-state index contributed by atoms with van der Waals surface area (Å²) < 4.78 is 20.1. The maximum Gasteiger partial charge on any atom is 0.187 e. The van der Waals surface area contributed by atoms with Crippen LogP contribution in [0.25, 0.3) is 0 Å². The third-order valence-corrected chi connectivity index (χ3v) is 4.39. The molecule has 2 saturated heterocycles. The summed E-state index contributed by atoms with van der Waals surface area (Å²) in [6.45, 7) is 4.32. The molecule has 2 fully saturated rings. The normalized spacial score (nSPS) is 43.9. The average molecular weight is 416 g/mol. The van der Waals surface area contributed by atoms with Crippen molar-refractivity contribution in [1.82, 2.24) is 0 Å². The predicted molar refractivity (Wildman–Crippen MR) is 90.8 cm³/mol. The molecule has 0 saturated carbocycles. The molecule has 0 radical (unpaired) electrons. The number of rotatable bonds is 6. The highest BCUT2D eigenvalue weighted by Crippen LogP contribution is 2.28. The Bertz CT molecular complexity index is 420. The van der Waals surface area contributed by atoms with E-state index in [1.165, 1.54) is 0 Å². The fourth-order valence-electron chi connectivity index (χ4n) is 2.77. The second kappa shape index (κ2) is 12.3. The maximum atomic E-state index is 9.94. The van der Waals surface area contributed by atoms with E-state index in [9.17, 15) is 35.7 Å². The van der Waals surface area contributed by atoms with Gasteiger partial charge in [-0.25, -0.2) is 0 Å². The summed E-state index contributed by atoms with van der Waals surface area (Å²) in [6.07, 6.45) is -15.6. The first-order chi connectivity index (χ1) is 13.2. The molecule has 10 atom stereocenters. The van der Waals surface area contributed by atoms with Crippen LogP contribution in [-0.2, 0) is 18.9 Å². The van der Waals surface area contributed by atoms with E-state index in [2.05, 4.69) is 0 Å². The molecule has 168 valence electrons. The van der Waals surface area contributed by atoms with Crippen molar-refractivity contribution in [1.29, 1.82) is 0 Å². The second-order valence-electron chi connectivity index (χ2n) is 6.31. The van der Waals surface area contributed by atoms with Gasteiger partial charge in [-0.3, -0.25) is 0 Å². The highest BCUT2D eigenvalue weighted by Gasteiger charge is 2.50. The third kappa shape index (κ3) is 6.26. The summed E-state index contributed by atoms with van der Waals surface area (Å²) in [5.41, 5.74) is 0. The van der Waals surface area contributed by atoms with E-state index < -0.39 is 74.6 Å². The number of hydrogen-bond donors (Lipinski definition) is 8. The quantitative estimate of drug-likeness (QED) is 0.207. The Labute approximate surface area is 162 Å². The van der Waals surface area contributed by atoms with Gasteiger partial charge in [-0.1, -0.05) is 0 Å². The van der Waals surface area contributed by atoms with Crippen molar-refractivity contribution in [3.8, 4) is 0 Å². The molecule has 0 spiro atoms. The smallest absolute Gasteiger partial charge is 0.187 e. The summed E-state index contributed by atoms with van der Waals surface area (Å²) in [7, 11) is 0. The van der Waals surface area contributed by atoms with E-state index in [1.54, 1.807) is 0 Å². The van der Waals surface area contributed by atoms with Gasteiger partial charge < -0.3 is 59.8 Å². The zero-order chi connectivity index (χ0) is 21.4. The van der Waals surface area contributed by atoms with Crippen molar-refractivity contribution in [2.75, 3.05) is 26.4 Å². The molecule has 12 nitrogen and oxygen atoms in total. The van der Waals surface area contributed by atoms with Crippen LogP contribution in [0.5, 0.6) is 0 Å². The second-order valence-corrected chi connectivity index (χ2v) is 6.31. The molecule has 0 bridgehead atoms. The Morgan fingerprint density at radius 2 is 1.25 bits per heavy atom. The molecule has 2 heterocycles. The SMILES string of the molecule is CCOCC.OC[C@H]1O[C@@H](O[C@H]2[C@H](O)[C@@H](O)[C@H](O)O[C@@H]2CO)[C@H](O)[C@@H](O)[C@@H]1O. The van der Waals surface area contributed by atoms with Crippen molar-refractivity contribution >= 4 is 0 Å². The summed E-state index contributed by atoms with van der Waals surface area (Å²) >= 11 is 0. The van der Waals surface area contributed by atoms with E-state index >= 15 is 0 Å². The van der Waals surface area contributed by atoms with Gasteiger partial charge in [-0.15, -0.1) is 0 Å². The van der Waals surface area contributed by atoms with E-state index in [-0.39, 0.29) is 0 Å². The molecule has 2 aliphatic heterocycles. The Hall–Kier alpha value is -0.480. The van der Waals surface area contributed by atoms with Crippen LogP contribution in [0.4, 0.5) is 0 Å². The van der Waals surface area contributed by atoms with Gasteiger partial charge in [0.25, 0.3) is 0 Å². The van der Waals surface area contributed by atoms with Gasteiger partial charge in [0.1, 0.15) is 48.8 Å². The van der Waals surface area contributed by atoms with Gasteiger partial charge in [0, 0.05) is 13.2 Å². The first-order valence-electron chi connectivity index (χ1n) is 9.07. The summed E-state index contributed by atoms with van der Waals surface area (Å²) in [6, 6.07) is 0. The van der Waals surface area contributed by atoms with Crippen LogP contribution >= 0.6 is 0 Å². The summed E-state index contributed by atoms with van der Waals surface area (Å²) in [4.78, 5) is 0. The third-order valence-electron chi connectivity index (χ3n) is 4.39. The molecule has 0 aromatic heterocycles. The average Bonchev–Trinajstić information content (AvgIpc) is 2.69. The highest BCUT2D eigenvalue weighted by molar-refractivity contribution is 4.93. The van der Waals surface area contributed by atoms with E-state index in [0.717, 1.165) is 13.2 Å². The Morgan fingerprint density at radius 1 is 0.679 bits per heavy atom. The maximum absolute atomic E-state index is 9.94. The number of ether oxygens (including phenoxy) is 4. The topological polar surface area (TPSA) is 199 Å². The predicted octanol–water partition coefficient (Wildman–Crippen LogP) is -4.35. The molecular weight excluding hydrogens is 384 g/mol. The first-order valence-corrected chi connectivity index (χ1v) is 9.07. The molecule has 8 N–H and O–H groups in total. The molecule has 0 unspecified atom stereocenters. The van der Waals surface area contributed by atoms with Crippen molar-refractivity contribution in [2.45, 2.75) is 75.3 Å². The van der Waals surface area contributed by atoms with Gasteiger partial charge in [0.2, 0.25) is 0 Å². The van der Waals surface area contributed by atoms with Crippen LogP contribution in [0.3, 0.4) is 0 Å². The van der Waals surface area contributed by atoms with Gasteiger partial charge in [-0.2, -0.15) is 0 Å². The van der Waals surface area contributed by atoms with Crippen LogP contribution in [0.1, 0.15) is 13.8 Å². The van der Waals surface area contributed by atoms with Crippen LogP contribution < -0.4 is 0 Å². The van der Waals surface area contributed by atoms with E-state index in [1.807, 2.05) is 13.8 Å². The minimum absolute atomic E-state index is 0.667. The standard InChI is InChI=1S/C12H22O11.C4H10O/c13-1-3-5(15)6(16)9(19)12(22-3)23-10-4(2-14)21-11(20)8(18)7(10)17;1-3-5-4-2/h3-20H,1-2H2;3-4H2,1-2H3/t3-,4-,5-,6+,7-,8-,9-,10-,11-,12+;/m1./s1. The molecular formula is C16H32O12. The summed E-state index contributed by atoms with van der Waals surface area (Å²) in [5, 5.41) is 76.5. The lowest BCUT2D eigenvalue weighted by Gasteiger charge is -2.45. The van der Waals surface area contributed by atoms with Crippen molar-refractivity contribution in [3.05, 3.63) is 0 Å². The van der Waals surface area contributed by atoms with E-state index in [4.69, 9.17) is 24.1 Å². The fourth-order valence-corrected chi connectivity index (χ4v) is 2.77. The first kappa shape index (κ1) is 25.6. The zero-order valence-electron chi connectivity index (χ0n) is 15.8. The van der Waals surface area contributed by atoms with Crippen molar-refractivity contribution in [3.63, 3.8) is 0 Å². The van der Waals surface area contributed by atoms with Gasteiger partial charge in [0.15, 0.2) is 12.6 Å². The summed E-state index contributed by atoms with van der Waals surface area (Å²) in [5.74, 6) is 0. The lowest BCUT2D eigenvalue weighted by molar-refractivity contribution is -0.355. The molecule has 0 aliphatic carbocycles. The Morgan fingerprint density at radius 3 is 1.71 bits per heavy atom. The molecule has 28 heavy (non-hydrogen) atoms. The minimum atomic E-state index is -1.74. The van der Waals surface area contributed by atoms with Crippen LogP contribution in [-0.4, -0.2) is 129 Å². The van der Waals surface area contributed by atoms with Gasteiger partial charge in [0.05, 0.1) is 13.2 Å². The fraction of sp³-hybridized carbons (Fsp3) is 1.00. The minimum Gasteiger partial charge on any atom is -0.394 e. The lowest BCUT2D eigenvalue weighted by atomic mass is 9.97. The molecule has 0 aromatic rings. The molecule has 12 heteroatoms. The van der Waals surface area contributed by atoms with Gasteiger partial charge >= 0.3 is 0 Å². The number of hydrogen-bond acceptors (Lipinski definition) is 12. The molecule has 0 amide bonds. The number of aliphatic hydroxyl groups excluding tert-OH is 8. The van der Waals surface area contributed by atoms with Crippen LogP contribution in [0.15, 0.2) is 0 Å². The molecule has 2 aliphatic rings. The zero-order valence-corrected chi connectivity index (χ0v) is 15.8. The molecule has 2 rings (SSSR count).